The number of nitrogens with one attached hydrogen (secondary N) is 2. The van der Waals surface area contributed by atoms with Crippen LogP contribution in [0, 0.1) is 0 Å². The summed E-state index contributed by atoms with van der Waals surface area (Å²) < 4.78 is 69.7. The third kappa shape index (κ3) is 6.52. The van der Waals surface area contributed by atoms with Gasteiger partial charge in [-0.05, 0) is 48.0 Å². The minimum atomic E-state index is -4.45. The van der Waals surface area contributed by atoms with Crippen molar-refractivity contribution in [2.24, 2.45) is 0 Å². The molecular weight excluding hydrogens is 511 g/mol. The molecule has 1 saturated heterocycles. The summed E-state index contributed by atoms with van der Waals surface area (Å²) in [5, 5.41) is 12.6. The molecule has 0 aliphatic carbocycles. The number of nitrogens with zero attached hydrogens (tertiary/aromatic N) is 1. The highest BCUT2D eigenvalue weighted by Gasteiger charge is 2.30. The van der Waals surface area contributed by atoms with Crippen LogP contribution in [0.25, 0.3) is 11.1 Å². The van der Waals surface area contributed by atoms with Gasteiger partial charge in [0.05, 0.1) is 30.7 Å². The number of hydrogen-bond acceptors (Lipinski definition) is 6. The van der Waals surface area contributed by atoms with Gasteiger partial charge in [-0.15, -0.1) is 0 Å². The van der Waals surface area contributed by atoms with E-state index in [4.69, 9.17) is 4.74 Å². The first kappa shape index (κ1) is 26.3. The van der Waals surface area contributed by atoms with Gasteiger partial charge in [0.1, 0.15) is 5.75 Å². The van der Waals surface area contributed by atoms with Crippen molar-refractivity contribution in [2.75, 3.05) is 47.5 Å². The highest BCUT2D eigenvalue weighted by molar-refractivity contribution is 7.92. The second kappa shape index (κ2) is 10.3. The van der Waals surface area contributed by atoms with Crippen LogP contribution in [-0.4, -0.2) is 52.0 Å². The highest BCUT2D eigenvalue weighted by Crippen LogP contribution is 2.36. The van der Waals surface area contributed by atoms with E-state index in [0.717, 1.165) is 18.4 Å². The third-order valence-corrected chi connectivity index (χ3v) is 6.28. The van der Waals surface area contributed by atoms with E-state index in [0.29, 0.717) is 43.1 Å². The molecule has 196 valence electrons. The molecule has 0 unspecified atom stereocenters. The predicted molar refractivity (Wildman–Crippen MR) is 134 cm³/mol. The van der Waals surface area contributed by atoms with Crippen molar-refractivity contribution in [3.05, 3.63) is 71.8 Å². The van der Waals surface area contributed by atoms with Gasteiger partial charge in [0.25, 0.3) is 5.91 Å². The molecule has 0 spiro atoms. The largest absolute Gasteiger partial charge is 0.506 e. The van der Waals surface area contributed by atoms with Crippen LogP contribution in [0.2, 0.25) is 0 Å². The van der Waals surface area contributed by atoms with Gasteiger partial charge < -0.3 is 20.1 Å². The number of benzene rings is 3. The Bertz CT molecular complexity index is 1400. The second-order valence-corrected chi connectivity index (χ2v) is 10.2. The SMILES string of the molecule is CS(=O)(=O)Nc1cc(NC(=O)c2ccc(-c3ccc(C(F)(F)F)cc3)c(N3CCOCC3)c2)ccc1O. The minimum Gasteiger partial charge on any atom is -0.506 e. The van der Waals surface area contributed by atoms with E-state index in [9.17, 15) is 31.5 Å². The van der Waals surface area contributed by atoms with Gasteiger partial charge in [0, 0.05) is 35.6 Å². The zero-order valence-corrected chi connectivity index (χ0v) is 20.5. The van der Waals surface area contributed by atoms with Gasteiger partial charge in [0.15, 0.2) is 0 Å². The van der Waals surface area contributed by atoms with Crippen LogP contribution < -0.4 is 14.9 Å². The zero-order valence-electron chi connectivity index (χ0n) is 19.7. The Morgan fingerprint density at radius 1 is 1.00 bits per heavy atom. The van der Waals surface area contributed by atoms with Crippen LogP contribution in [0.3, 0.4) is 0 Å². The van der Waals surface area contributed by atoms with Gasteiger partial charge in [0.2, 0.25) is 10.0 Å². The number of phenolic OH excluding ortho intramolecular Hbond substituents is 1. The quantitative estimate of drug-likeness (QED) is 0.316. The average Bonchev–Trinajstić information content (AvgIpc) is 2.85. The third-order valence-electron chi connectivity index (χ3n) is 5.68. The maximum atomic E-state index is 13.1. The van der Waals surface area contributed by atoms with Crippen molar-refractivity contribution in [1.82, 2.24) is 0 Å². The van der Waals surface area contributed by atoms with Crippen LogP contribution in [0.15, 0.2) is 60.7 Å². The van der Waals surface area contributed by atoms with Crippen LogP contribution in [0.4, 0.5) is 30.2 Å². The topological polar surface area (TPSA) is 108 Å². The Morgan fingerprint density at radius 2 is 1.68 bits per heavy atom. The lowest BCUT2D eigenvalue weighted by Crippen LogP contribution is -2.36. The number of carbonyl (C=O) groups excluding carboxylic acids is 1. The van der Waals surface area contributed by atoms with Gasteiger partial charge in [-0.3, -0.25) is 9.52 Å². The molecule has 0 saturated carbocycles. The summed E-state index contributed by atoms with van der Waals surface area (Å²) in [4.78, 5) is 15.1. The molecule has 3 N–H and O–H groups in total. The van der Waals surface area contributed by atoms with E-state index < -0.39 is 27.7 Å². The number of hydrogen-bond donors (Lipinski definition) is 3. The maximum Gasteiger partial charge on any atom is 0.416 e. The van der Waals surface area contributed by atoms with Crippen molar-refractivity contribution in [1.29, 1.82) is 0 Å². The van der Waals surface area contributed by atoms with E-state index in [1.807, 2.05) is 4.90 Å². The van der Waals surface area contributed by atoms with E-state index in [1.165, 1.54) is 30.3 Å². The van der Waals surface area contributed by atoms with Gasteiger partial charge in [-0.1, -0.05) is 18.2 Å². The molecule has 0 aromatic heterocycles. The summed E-state index contributed by atoms with van der Waals surface area (Å²) in [5.74, 6) is -0.802. The average molecular weight is 536 g/mol. The Morgan fingerprint density at radius 3 is 2.30 bits per heavy atom. The predicted octanol–water partition coefficient (Wildman–Crippen LogP) is 4.54. The summed E-state index contributed by atoms with van der Waals surface area (Å²) >= 11 is 0. The van der Waals surface area contributed by atoms with Crippen molar-refractivity contribution in [3.63, 3.8) is 0 Å². The molecule has 4 rings (SSSR count). The summed E-state index contributed by atoms with van der Waals surface area (Å²) in [6.07, 6.45) is -3.51. The number of sulfonamides is 1. The molecule has 1 aliphatic rings. The number of rotatable bonds is 6. The fraction of sp³-hybridized carbons (Fsp3) is 0.240. The maximum absolute atomic E-state index is 13.1. The molecule has 0 bridgehead atoms. The summed E-state index contributed by atoms with van der Waals surface area (Å²) in [7, 11) is -3.66. The van der Waals surface area contributed by atoms with Gasteiger partial charge in [-0.2, -0.15) is 13.2 Å². The van der Waals surface area contributed by atoms with E-state index in [-0.39, 0.29) is 22.7 Å². The molecule has 1 fully saturated rings. The van der Waals surface area contributed by atoms with E-state index >= 15 is 0 Å². The number of morpholine rings is 1. The summed E-state index contributed by atoms with van der Waals surface area (Å²) in [6.45, 7) is 2.01. The fourth-order valence-electron chi connectivity index (χ4n) is 3.92. The number of aromatic hydroxyl groups is 1. The number of halogens is 3. The van der Waals surface area contributed by atoms with Crippen molar-refractivity contribution in [3.8, 4) is 16.9 Å². The lowest BCUT2D eigenvalue weighted by molar-refractivity contribution is -0.137. The number of carbonyl (C=O) groups is 1. The molecule has 1 aliphatic heterocycles. The number of alkyl halides is 3. The van der Waals surface area contributed by atoms with Crippen LogP contribution in [-0.2, 0) is 20.9 Å². The lowest BCUT2D eigenvalue weighted by Gasteiger charge is -2.31. The standard InChI is InChI=1S/C25H24F3N3O5S/c1-37(34,35)30-21-15-19(7-9-23(21)32)29-24(33)17-4-8-20(22(14-17)31-10-12-36-13-11-31)16-2-5-18(6-3-16)25(26,27)28/h2-9,14-15,30,32H,10-13H2,1H3,(H,29,33). The normalized spacial score (nSPS) is 14.3. The van der Waals surface area contributed by atoms with Gasteiger partial charge in [-0.25, -0.2) is 8.42 Å². The van der Waals surface area contributed by atoms with Crippen molar-refractivity contribution >= 4 is 33.0 Å². The molecule has 37 heavy (non-hydrogen) atoms. The fourth-order valence-corrected chi connectivity index (χ4v) is 4.48. The smallest absolute Gasteiger partial charge is 0.416 e. The van der Waals surface area contributed by atoms with E-state index in [2.05, 4.69) is 10.0 Å². The molecule has 0 radical (unpaired) electrons. The number of phenols is 1. The molecule has 3 aromatic carbocycles. The van der Waals surface area contributed by atoms with Crippen LogP contribution in [0.1, 0.15) is 15.9 Å². The van der Waals surface area contributed by atoms with Crippen molar-refractivity contribution in [2.45, 2.75) is 6.18 Å². The molecule has 12 heteroatoms. The first-order valence-electron chi connectivity index (χ1n) is 11.2. The monoisotopic (exact) mass is 535 g/mol. The highest BCUT2D eigenvalue weighted by atomic mass is 32.2. The Hall–Kier alpha value is -3.77. The lowest BCUT2D eigenvalue weighted by atomic mass is 9.98. The Labute approximate surface area is 211 Å². The molecule has 1 heterocycles. The molecule has 1 amide bonds. The minimum absolute atomic E-state index is 0.0908. The summed E-state index contributed by atoms with van der Waals surface area (Å²) in [6, 6.07) is 13.7. The number of anilines is 3. The molecule has 0 atom stereocenters. The number of amides is 1. The molecular formula is C25H24F3N3O5S. The Balaban J connectivity index is 1.65. The summed E-state index contributed by atoms with van der Waals surface area (Å²) in [5.41, 5.74) is 1.58. The Kier molecular flexibility index (Phi) is 7.32. The van der Waals surface area contributed by atoms with Crippen molar-refractivity contribution < 1.29 is 36.2 Å². The van der Waals surface area contributed by atoms with E-state index in [1.54, 1.807) is 18.2 Å². The van der Waals surface area contributed by atoms with Crippen LogP contribution in [0.5, 0.6) is 5.75 Å². The second-order valence-electron chi connectivity index (χ2n) is 8.47. The molecule has 8 nitrogen and oxygen atoms in total. The van der Waals surface area contributed by atoms with Crippen LogP contribution >= 0.6 is 0 Å². The number of ether oxygens (including phenoxy) is 1. The zero-order chi connectivity index (χ0) is 26.8. The first-order chi connectivity index (χ1) is 17.4. The first-order valence-corrected chi connectivity index (χ1v) is 13.1. The molecule has 3 aromatic rings. The van der Waals surface area contributed by atoms with Gasteiger partial charge >= 0.3 is 6.18 Å².